The minimum absolute atomic E-state index is 0.232. The highest BCUT2D eigenvalue weighted by atomic mass is 16.4. The van der Waals surface area contributed by atoms with Gasteiger partial charge in [-0.25, -0.2) is 9.89 Å². The molecule has 0 bridgehead atoms. The number of carbonyl (C=O) groups excluding carboxylic acids is 1. The summed E-state index contributed by atoms with van der Waals surface area (Å²) in [5, 5.41) is 25.5. The first-order valence-corrected chi connectivity index (χ1v) is 6.05. The summed E-state index contributed by atoms with van der Waals surface area (Å²) in [6.07, 6.45) is -0.695. The zero-order valence-electron chi connectivity index (χ0n) is 11.5. The molecule has 21 heavy (non-hydrogen) atoms. The second-order valence-electron chi connectivity index (χ2n) is 4.43. The molecule has 4 N–H and O–H groups in total. The number of carboxylic acid groups (broad SMARTS) is 2. The van der Waals surface area contributed by atoms with Crippen LogP contribution >= 0.6 is 0 Å². The molecule has 1 amide bonds. The number of nitrogens with zero attached hydrogens (tertiary/aromatic N) is 1. The molecule has 1 rings (SSSR count). The van der Waals surface area contributed by atoms with E-state index in [4.69, 9.17) is 10.2 Å². The van der Waals surface area contributed by atoms with Gasteiger partial charge in [0.05, 0.1) is 5.69 Å². The molecule has 0 aromatic carbocycles. The molecule has 9 nitrogen and oxygen atoms in total. The van der Waals surface area contributed by atoms with Crippen molar-refractivity contribution in [2.75, 3.05) is 0 Å². The molecular formula is C12H15N3O6. The van der Waals surface area contributed by atoms with E-state index in [1.54, 1.807) is 6.92 Å². The van der Waals surface area contributed by atoms with Crippen molar-refractivity contribution in [3.8, 4) is 0 Å². The minimum Gasteiger partial charge on any atom is -0.481 e. The maximum absolute atomic E-state index is 12.0. The Labute approximate surface area is 119 Å². The molecule has 0 aliphatic rings. The number of aliphatic carboxylic acids is 2. The van der Waals surface area contributed by atoms with E-state index in [1.807, 2.05) is 0 Å². The lowest BCUT2D eigenvalue weighted by Crippen LogP contribution is -2.43. The number of amides is 1. The van der Waals surface area contributed by atoms with Crippen LogP contribution in [0.4, 0.5) is 0 Å². The number of aryl methyl sites for hydroxylation is 1. The Morgan fingerprint density at radius 3 is 2.43 bits per heavy atom. The van der Waals surface area contributed by atoms with Gasteiger partial charge in [0, 0.05) is 6.42 Å². The third kappa shape index (κ3) is 4.13. The van der Waals surface area contributed by atoms with Crippen molar-refractivity contribution in [3.63, 3.8) is 0 Å². The Morgan fingerprint density at radius 1 is 1.29 bits per heavy atom. The summed E-state index contributed by atoms with van der Waals surface area (Å²) in [5.74, 6) is -3.43. The maximum atomic E-state index is 12.0. The van der Waals surface area contributed by atoms with Crippen LogP contribution in [0, 0.1) is 13.8 Å². The standard InChI is InChI=1S/C12H15N3O6/c1-5-6(2)14-15-11(19)9(5)10(18)13-7(12(20)21)3-4-8(16)17/h7H,3-4H2,1-2H3,(H,13,18)(H,15,19)(H,16,17)(H,20,21). The molecule has 114 valence electrons. The summed E-state index contributed by atoms with van der Waals surface area (Å²) in [6, 6.07) is -1.39. The second-order valence-corrected chi connectivity index (χ2v) is 4.43. The van der Waals surface area contributed by atoms with E-state index in [1.165, 1.54) is 6.92 Å². The minimum atomic E-state index is -1.39. The molecule has 1 unspecified atom stereocenters. The van der Waals surface area contributed by atoms with Crippen molar-refractivity contribution in [3.05, 3.63) is 27.2 Å². The van der Waals surface area contributed by atoms with Gasteiger partial charge in [-0.2, -0.15) is 5.10 Å². The number of nitrogens with one attached hydrogen (secondary N) is 2. The van der Waals surface area contributed by atoms with Crippen LogP contribution in [0.15, 0.2) is 4.79 Å². The Balaban J connectivity index is 2.98. The van der Waals surface area contributed by atoms with Gasteiger partial charge >= 0.3 is 11.9 Å². The van der Waals surface area contributed by atoms with Gasteiger partial charge in [0.1, 0.15) is 11.6 Å². The third-order valence-corrected chi connectivity index (χ3v) is 2.95. The molecule has 1 aromatic rings. The van der Waals surface area contributed by atoms with Crippen LogP contribution in [0.1, 0.15) is 34.5 Å². The van der Waals surface area contributed by atoms with Gasteiger partial charge in [-0.05, 0) is 25.8 Å². The van der Waals surface area contributed by atoms with Crippen LogP contribution < -0.4 is 10.9 Å². The highest BCUT2D eigenvalue weighted by molar-refractivity contribution is 5.97. The predicted octanol–water partition coefficient (Wildman–Crippen LogP) is -0.565. The molecule has 0 aliphatic heterocycles. The fourth-order valence-corrected chi connectivity index (χ4v) is 1.65. The summed E-state index contributed by atoms with van der Waals surface area (Å²) in [5.41, 5.74) is -0.210. The second kappa shape index (κ2) is 6.64. The van der Waals surface area contributed by atoms with Crippen molar-refractivity contribution < 1.29 is 24.6 Å². The maximum Gasteiger partial charge on any atom is 0.326 e. The summed E-state index contributed by atoms with van der Waals surface area (Å²) >= 11 is 0. The number of H-pyrrole nitrogens is 1. The third-order valence-electron chi connectivity index (χ3n) is 2.95. The average Bonchev–Trinajstić information content (AvgIpc) is 2.38. The van der Waals surface area contributed by atoms with Crippen molar-refractivity contribution >= 4 is 17.8 Å². The van der Waals surface area contributed by atoms with E-state index >= 15 is 0 Å². The highest BCUT2D eigenvalue weighted by Crippen LogP contribution is 2.06. The Morgan fingerprint density at radius 2 is 1.90 bits per heavy atom. The number of aromatic nitrogens is 2. The lowest BCUT2D eigenvalue weighted by Gasteiger charge is -2.14. The molecule has 9 heteroatoms. The van der Waals surface area contributed by atoms with Crippen molar-refractivity contribution in [1.29, 1.82) is 0 Å². The first kappa shape index (κ1) is 16.3. The molecule has 1 atom stereocenters. The molecule has 0 fully saturated rings. The fraction of sp³-hybridized carbons (Fsp3) is 0.417. The molecule has 1 aromatic heterocycles. The molecule has 0 spiro atoms. The van der Waals surface area contributed by atoms with E-state index < -0.39 is 35.9 Å². The smallest absolute Gasteiger partial charge is 0.326 e. The molecule has 1 heterocycles. The van der Waals surface area contributed by atoms with Gasteiger partial charge in [0.2, 0.25) is 0 Å². The van der Waals surface area contributed by atoms with Crippen LogP contribution in [-0.2, 0) is 9.59 Å². The summed E-state index contributed by atoms with van der Waals surface area (Å²) < 4.78 is 0. The molecule has 0 saturated heterocycles. The largest absolute Gasteiger partial charge is 0.481 e. The van der Waals surface area contributed by atoms with Gasteiger partial charge in [-0.3, -0.25) is 14.4 Å². The number of aromatic amines is 1. The van der Waals surface area contributed by atoms with Gasteiger partial charge < -0.3 is 15.5 Å². The van der Waals surface area contributed by atoms with Crippen LogP contribution in [0.25, 0.3) is 0 Å². The Kier molecular flexibility index (Phi) is 5.17. The fourth-order valence-electron chi connectivity index (χ4n) is 1.65. The van der Waals surface area contributed by atoms with E-state index in [9.17, 15) is 19.2 Å². The van der Waals surface area contributed by atoms with Gasteiger partial charge in [0.25, 0.3) is 11.5 Å². The molecule has 0 radical (unpaired) electrons. The van der Waals surface area contributed by atoms with Crippen LogP contribution in [-0.4, -0.2) is 44.3 Å². The summed E-state index contributed by atoms with van der Waals surface area (Å²) in [6.45, 7) is 3.10. The van der Waals surface area contributed by atoms with Crippen molar-refractivity contribution in [2.24, 2.45) is 0 Å². The monoisotopic (exact) mass is 297 g/mol. The normalized spacial score (nSPS) is 11.7. The van der Waals surface area contributed by atoms with Gasteiger partial charge in [-0.1, -0.05) is 0 Å². The average molecular weight is 297 g/mol. The lowest BCUT2D eigenvalue weighted by molar-refractivity contribution is -0.140. The van der Waals surface area contributed by atoms with E-state index in [-0.39, 0.29) is 12.0 Å². The van der Waals surface area contributed by atoms with Crippen LogP contribution in [0.2, 0.25) is 0 Å². The van der Waals surface area contributed by atoms with E-state index in [0.29, 0.717) is 11.3 Å². The summed E-state index contributed by atoms with van der Waals surface area (Å²) in [7, 11) is 0. The first-order valence-electron chi connectivity index (χ1n) is 6.05. The zero-order valence-corrected chi connectivity index (χ0v) is 11.5. The molecular weight excluding hydrogens is 282 g/mol. The lowest BCUT2D eigenvalue weighted by atomic mass is 10.1. The number of hydrogen-bond donors (Lipinski definition) is 4. The number of carboxylic acids is 2. The molecule has 0 saturated carbocycles. The van der Waals surface area contributed by atoms with Crippen LogP contribution in [0.5, 0.6) is 0 Å². The SMILES string of the molecule is Cc1n[nH]c(=O)c(C(=O)NC(CCC(=O)O)C(=O)O)c1C. The van der Waals surface area contributed by atoms with Gasteiger partial charge in [-0.15, -0.1) is 0 Å². The number of rotatable bonds is 6. The van der Waals surface area contributed by atoms with Crippen molar-refractivity contribution in [2.45, 2.75) is 32.7 Å². The summed E-state index contributed by atoms with van der Waals surface area (Å²) in [4.78, 5) is 45.1. The molecule has 0 aliphatic carbocycles. The topological polar surface area (TPSA) is 149 Å². The van der Waals surface area contributed by atoms with Crippen LogP contribution in [0.3, 0.4) is 0 Å². The van der Waals surface area contributed by atoms with Crippen molar-refractivity contribution in [1.82, 2.24) is 15.5 Å². The zero-order chi connectivity index (χ0) is 16.2. The van der Waals surface area contributed by atoms with Gasteiger partial charge in [0.15, 0.2) is 0 Å². The number of carbonyl (C=O) groups is 3. The number of hydrogen-bond acceptors (Lipinski definition) is 5. The Hall–Kier alpha value is -2.71. The predicted molar refractivity (Wildman–Crippen MR) is 70.1 cm³/mol. The van der Waals surface area contributed by atoms with E-state index in [2.05, 4.69) is 15.5 Å². The highest BCUT2D eigenvalue weighted by Gasteiger charge is 2.24. The van der Waals surface area contributed by atoms with E-state index in [0.717, 1.165) is 0 Å². The first-order chi connectivity index (χ1) is 9.73. The quantitative estimate of drug-likeness (QED) is 0.549. The Bertz CT molecular complexity index is 636.